The van der Waals surface area contributed by atoms with Crippen LogP contribution in [-0.4, -0.2) is 40.5 Å². The van der Waals surface area contributed by atoms with E-state index in [0.717, 1.165) is 33.9 Å². The number of nitrogens with zero attached hydrogens (tertiary/aromatic N) is 2. The first-order chi connectivity index (χ1) is 16.4. The van der Waals surface area contributed by atoms with Crippen LogP contribution < -0.4 is 15.0 Å². The number of nitrogens with one attached hydrogen (secondary N) is 1. The summed E-state index contributed by atoms with van der Waals surface area (Å²) >= 11 is 1.42. The van der Waals surface area contributed by atoms with E-state index in [-0.39, 0.29) is 12.1 Å². The van der Waals surface area contributed by atoms with Gasteiger partial charge in [0.2, 0.25) is 0 Å². The van der Waals surface area contributed by atoms with Gasteiger partial charge in [0, 0.05) is 23.2 Å². The second-order valence-corrected chi connectivity index (χ2v) is 9.21. The maximum atomic E-state index is 13.0. The average molecular weight is 478 g/mol. The number of aliphatic carboxylic acids is 1. The first-order valence-electron chi connectivity index (χ1n) is 11.2. The molecule has 1 aliphatic rings. The maximum absolute atomic E-state index is 13.0. The molecule has 2 N–H and O–H groups in total. The standard InChI is InChI=1S/C26H27N3O4S/c1-3-21-15-29(26(32)28-20-7-5-4-6-8-20)22-11-9-18(13-23(22)33-21)19-10-12-24(27-14-19)34-16-17(2)25(30)31/h4-14,17,21H,3,15-16H2,1-2H3,(H,28,32)(H,30,31). The molecule has 34 heavy (non-hydrogen) atoms. The van der Waals surface area contributed by atoms with Crippen LogP contribution >= 0.6 is 11.8 Å². The third kappa shape index (κ3) is 5.51. The number of aromatic nitrogens is 1. The number of benzene rings is 2. The van der Waals surface area contributed by atoms with Crippen molar-refractivity contribution in [2.24, 2.45) is 5.92 Å². The number of ether oxygens (including phenoxy) is 1. The summed E-state index contributed by atoms with van der Waals surface area (Å²) in [6.07, 6.45) is 2.45. The molecule has 2 atom stereocenters. The van der Waals surface area contributed by atoms with E-state index in [1.807, 2.05) is 67.6 Å². The van der Waals surface area contributed by atoms with Crippen LogP contribution in [0.5, 0.6) is 5.75 Å². The molecule has 0 radical (unpaired) electrons. The SMILES string of the molecule is CCC1CN(C(=O)Nc2ccccc2)c2ccc(-c3ccc(SCC(C)C(=O)O)nc3)cc2O1. The number of carbonyl (C=O) groups excluding carboxylic acids is 1. The molecule has 1 aromatic heterocycles. The molecule has 2 unspecified atom stereocenters. The minimum Gasteiger partial charge on any atom is -0.486 e. The number of pyridine rings is 1. The van der Waals surface area contributed by atoms with E-state index in [9.17, 15) is 9.59 Å². The molecule has 0 spiro atoms. The Balaban J connectivity index is 1.53. The maximum Gasteiger partial charge on any atom is 0.326 e. The summed E-state index contributed by atoms with van der Waals surface area (Å²) in [5.74, 6) is -0.117. The van der Waals surface area contributed by atoms with Gasteiger partial charge in [-0.05, 0) is 42.3 Å². The average Bonchev–Trinajstić information content (AvgIpc) is 2.87. The van der Waals surface area contributed by atoms with Gasteiger partial charge >= 0.3 is 12.0 Å². The number of carboxylic acid groups (broad SMARTS) is 1. The molecule has 0 bridgehead atoms. The van der Waals surface area contributed by atoms with Crippen molar-refractivity contribution in [3.63, 3.8) is 0 Å². The highest BCUT2D eigenvalue weighted by atomic mass is 32.2. The fraction of sp³-hybridized carbons (Fsp3) is 0.269. The normalized spacial score (nSPS) is 15.7. The summed E-state index contributed by atoms with van der Waals surface area (Å²) in [5.41, 5.74) is 3.32. The number of carbonyl (C=O) groups is 2. The molecule has 0 fully saturated rings. The number of anilines is 2. The summed E-state index contributed by atoms with van der Waals surface area (Å²) < 4.78 is 6.18. The van der Waals surface area contributed by atoms with Crippen molar-refractivity contribution >= 4 is 35.1 Å². The molecular formula is C26H27N3O4S. The number of thioether (sulfide) groups is 1. The largest absolute Gasteiger partial charge is 0.486 e. The Hall–Kier alpha value is -3.52. The second kappa shape index (κ2) is 10.6. The van der Waals surface area contributed by atoms with Crippen molar-refractivity contribution in [3.8, 4) is 16.9 Å². The third-order valence-electron chi connectivity index (χ3n) is 5.63. The van der Waals surface area contributed by atoms with E-state index in [4.69, 9.17) is 9.84 Å². The number of rotatable bonds is 7. The Kier molecular flexibility index (Phi) is 7.37. The molecule has 176 valence electrons. The zero-order valence-electron chi connectivity index (χ0n) is 19.1. The van der Waals surface area contributed by atoms with Gasteiger partial charge in [0.15, 0.2) is 0 Å². The number of para-hydroxylation sites is 1. The molecular weight excluding hydrogens is 450 g/mol. The lowest BCUT2D eigenvalue weighted by molar-refractivity contribution is -0.140. The number of hydrogen-bond donors (Lipinski definition) is 2. The molecule has 1 aliphatic heterocycles. The van der Waals surface area contributed by atoms with Gasteiger partial charge in [0.05, 0.1) is 23.2 Å². The molecule has 4 rings (SSSR count). The Morgan fingerprint density at radius 2 is 1.94 bits per heavy atom. The van der Waals surface area contributed by atoms with E-state index in [0.29, 0.717) is 18.0 Å². The highest BCUT2D eigenvalue weighted by Crippen LogP contribution is 2.38. The lowest BCUT2D eigenvalue weighted by Gasteiger charge is -2.34. The first-order valence-corrected chi connectivity index (χ1v) is 12.2. The summed E-state index contributed by atoms with van der Waals surface area (Å²) in [7, 11) is 0. The molecule has 0 saturated heterocycles. The van der Waals surface area contributed by atoms with Gasteiger partial charge in [-0.2, -0.15) is 0 Å². The number of carboxylic acids is 1. The zero-order chi connectivity index (χ0) is 24.1. The van der Waals surface area contributed by atoms with E-state index in [1.165, 1.54) is 11.8 Å². The van der Waals surface area contributed by atoms with Gasteiger partial charge in [0.1, 0.15) is 11.9 Å². The van der Waals surface area contributed by atoms with Gasteiger partial charge in [-0.3, -0.25) is 9.69 Å². The van der Waals surface area contributed by atoms with Gasteiger partial charge in [-0.1, -0.05) is 44.2 Å². The molecule has 2 heterocycles. The van der Waals surface area contributed by atoms with E-state index in [2.05, 4.69) is 10.3 Å². The predicted octanol–water partition coefficient (Wildman–Crippen LogP) is 5.77. The van der Waals surface area contributed by atoms with Crippen molar-refractivity contribution in [2.75, 3.05) is 22.5 Å². The highest BCUT2D eigenvalue weighted by molar-refractivity contribution is 7.99. The Morgan fingerprint density at radius 3 is 2.62 bits per heavy atom. The van der Waals surface area contributed by atoms with Crippen LogP contribution in [0.2, 0.25) is 0 Å². The molecule has 0 aliphatic carbocycles. The monoisotopic (exact) mass is 477 g/mol. The number of fused-ring (bicyclic) bond motifs is 1. The number of urea groups is 1. The van der Waals surface area contributed by atoms with Crippen LogP contribution in [0.3, 0.4) is 0 Å². The third-order valence-corrected chi connectivity index (χ3v) is 6.83. The molecule has 2 aromatic carbocycles. The van der Waals surface area contributed by atoms with Crippen LogP contribution in [0.4, 0.5) is 16.2 Å². The summed E-state index contributed by atoms with van der Waals surface area (Å²) in [5, 5.41) is 12.8. The molecule has 3 aromatic rings. The van der Waals surface area contributed by atoms with Crippen LogP contribution in [0, 0.1) is 5.92 Å². The zero-order valence-corrected chi connectivity index (χ0v) is 19.9. The fourth-order valence-corrected chi connectivity index (χ4v) is 4.42. The Labute approximate surface area is 203 Å². The lowest BCUT2D eigenvalue weighted by atomic mass is 10.0. The summed E-state index contributed by atoms with van der Waals surface area (Å²) in [4.78, 5) is 30.3. The fourth-order valence-electron chi connectivity index (χ4n) is 3.57. The quantitative estimate of drug-likeness (QED) is 0.420. The van der Waals surface area contributed by atoms with Crippen LogP contribution in [0.15, 0.2) is 71.9 Å². The molecule has 7 nitrogen and oxygen atoms in total. The van der Waals surface area contributed by atoms with Gasteiger partial charge in [0.25, 0.3) is 0 Å². The minimum atomic E-state index is -0.810. The molecule has 2 amide bonds. The van der Waals surface area contributed by atoms with E-state index < -0.39 is 11.9 Å². The van der Waals surface area contributed by atoms with Crippen molar-refractivity contribution in [1.29, 1.82) is 0 Å². The van der Waals surface area contributed by atoms with Gasteiger partial charge in [-0.15, -0.1) is 11.8 Å². The topological polar surface area (TPSA) is 91.8 Å². The molecule has 8 heteroatoms. The predicted molar refractivity (Wildman–Crippen MR) is 135 cm³/mol. The van der Waals surface area contributed by atoms with Crippen molar-refractivity contribution in [2.45, 2.75) is 31.4 Å². The van der Waals surface area contributed by atoms with Crippen LogP contribution in [-0.2, 0) is 4.79 Å². The first kappa shape index (κ1) is 23.6. The molecule has 0 saturated carbocycles. The van der Waals surface area contributed by atoms with Crippen LogP contribution in [0.25, 0.3) is 11.1 Å². The highest BCUT2D eigenvalue weighted by Gasteiger charge is 2.29. The van der Waals surface area contributed by atoms with E-state index in [1.54, 1.807) is 18.0 Å². The number of hydrogen-bond acceptors (Lipinski definition) is 5. The van der Waals surface area contributed by atoms with Crippen molar-refractivity contribution in [1.82, 2.24) is 4.98 Å². The van der Waals surface area contributed by atoms with E-state index >= 15 is 0 Å². The second-order valence-electron chi connectivity index (χ2n) is 8.17. The summed E-state index contributed by atoms with van der Waals surface area (Å²) in [6.45, 7) is 4.20. The Morgan fingerprint density at radius 1 is 1.18 bits per heavy atom. The van der Waals surface area contributed by atoms with Crippen molar-refractivity contribution < 1.29 is 19.4 Å². The van der Waals surface area contributed by atoms with Crippen molar-refractivity contribution in [3.05, 3.63) is 66.9 Å². The van der Waals surface area contributed by atoms with Crippen LogP contribution in [0.1, 0.15) is 20.3 Å². The smallest absolute Gasteiger partial charge is 0.326 e. The van der Waals surface area contributed by atoms with Gasteiger partial charge in [-0.25, -0.2) is 9.78 Å². The van der Waals surface area contributed by atoms with Gasteiger partial charge < -0.3 is 15.2 Å². The minimum absolute atomic E-state index is 0.0996. The lowest BCUT2D eigenvalue weighted by Crippen LogP contribution is -2.45. The Bertz CT molecular complexity index is 1150. The summed E-state index contributed by atoms with van der Waals surface area (Å²) in [6, 6.07) is 18.8. The number of amides is 2.